The van der Waals surface area contributed by atoms with Crippen LogP contribution in [0.3, 0.4) is 0 Å². The largest absolute Gasteiger partial charge is 0.469 e. The van der Waals surface area contributed by atoms with Crippen molar-refractivity contribution in [2.45, 2.75) is 26.3 Å². The van der Waals surface area contributed by atoms with Crippen molar-refractivity contribution in [2.75, 3.05) is 20.2 Å². The smallest absolute Gasteiger partial charge is 0.317 e. The van der Waals surface area contributed by atoms with Gasteiger partial charge in [-0.3, -0.25) is 4.79 Å². The van der Waals surface area contributed by atoms with Gasteiger partial charge in [-0.05, 0) is 20.3 Å². The van der Waals surface area contributed by atoms with E-state index >= 15 is 0 Å². The molecule has 0 aromatic heterocycles. The molecule has 1 fully saturated rings. The molecule has 0 spiro atoms. The summed E-state index contributed by atoms with van der Waals surface area (Å²) in [6.07, 6.45) is 0.693. The first kappa shape index (κ1) is 11.8. The second kappa shape index (κ2) is 5.00. The van der Waals surface area contributed by atoms with E-state index in [-0.39, 0.29) is 24.0 Å². The van der Waals surface area contributed by atoms with Crippen molar-refractivity contribution >= 4 is 12.0 Å². The van der Waals surface area contributed by atoms with Crippen LogP contribution >= 0.6 is 0 Å². The molecule has 1 heterocycles. The van der Waals surface area contributed by atoms with E-state index < -0.39 is 0 Å². The molecule has 1 aliphatic rings. The highest BCUT2D eigenvalue weighted by Crippen LogP contribution is 2.17. The van der Waals surface area contributed by atoms with Crippen LogP contribution in [0.5, 0.6) is 0 Å². The Morgan fingerprint density at radius 3 is 2.67 bits per heavy atom. The third-order valence-electron chi connectivity index (χ3n) is 2.42. The second-order valence-electron chi connectivity index (χ2n) is 4.06. The van der Waals surface area contributed by atoms with Crippen molar-refractivity contribution in [1.82, 2.24) is 10.2 Å². The minimum atomic E-state index is -0.227. The molecule has 0 bridgehead atoms. The van der Waals surface area contributed by atoms with Gasteiger partial charge >= 0.3 is 12.0 Å². The molecule has 5 nitrogen and oxygen atoms in total. The molecule has 1 atom stereocenters. The normalized spacial score (nSPS) is 20.5. The van der Waals surface area contributed by atoms with Crippen LogP contribution in [0.15, 0.2) is 0 Å². The summed E-state index contributed by atoms with van der Waals surface area (Å²) < 4.78 is 4.65. The van der Waals surface area contributed by atoms with Gasteiger partial charge in [-0.2, -0.15) is 0 Å². The first-order valence-electron chi connectivity index (χ1n) is 5.18. The standard InChI is InChI=1S/C10H18N2O3/c1-7(2)11-10(14)12-5-4-8(6-12)9(13)15-3/h7-8H,4-6H2,1-3H3,(H,11,14). The Labute approximate surface area is 89.8 Å². The Kier molecular flexibility index (Phi) is 3.94. The van der Waals surface area contributed by atoms with E-state index in [2.05, 4.69) is 10.1 Å². The zero-order chi connectivity index (χ0) is 11.4. The average Bonchev–Trinajstić information content (AvgIpc) is 2.64. The fourth-order valence-electron chi connectivity index (χ4n) is 1.64. The summed E-state index contributed by atoms with van der Waals surface area (Å²) in [5.41, 5.74) is 0. The number of carbonyl (C=O) groups is 2. The lowest BCUT2D eigenvalue weighted by molar-refractivity contribution is -0.144. The number of nitrogens with one attached hydrogen (secondary N) is 1. The predicted molar refractivity (Wildman–Crippen MR) is 55.4 cm³/mol. The minimum absolute atomic E-state index is 0.101. The summed E-state index contributed by atoms with van der Waals surface area (Å²) in [4.78, 5) is 24.5. The number of nitrogens with zero attached hydrogens (tertiary/aromatic N) is 1. The zero-order valence-electron chi connectivity index (χ0n) is 9.45. The van der Waals surface area contributed by atoms with Gasteiger partial charge in [0.2, 0.25) is 0 Å². The Hall–Kier alpha value is -1.26. The number of esters is 1. The molecule has 1 aliphatic heterocycles. The molecule has 0 radical (unpaired) electrons. The molecule has 15 heavy (non-hydrogen) atoms. The van der Waals surface area contributed by atoms with E-state index in [1.54, 1.807) is 4.90 Å². The van der Waals surface area contributed by atoms with E-state index in [0.717, 1.165) is 0 Å². The first-order valence-corrected chi connectivity index (χ1v) is 5.18. The van der Waals surface area contributed by atoms with Gasteiger partial charge in [-0.15, -0.1) is 0 Å². The Morgan fingerprint density at radius 2 is 2.13 bits per heavy atom. The SMILES string of the molecule is COC(=O)C1CCN(C(=O)NC(C)C)C1. The Bertz CT molecular complexity index is 253. The lowest BCUT2D eigenvalue weighted by Crippen LogP contribution is -2.42. The molecule has 2 amide bonds. The number of likely N-dealkylation sites (tertiary alicyclic amines) is 1. The number of rotatable bonds is 2. The topological polar surface area (TPSA) is 58.6 Å². The number of methoxy groups -OCH3 is 1. The number of carbonyl (C=O) groups excluding carboxylic acids is 2. The molecule has 1 saturated heterocycles. The van der Waals surface area contributed by atoms with Crippen LogP contribution in [0.1, 0.15) is 20.3 Å². The summed E-state index contributed by atoms with van der Waals surface area (Å²) in [5.74, 6) is -0.386. The Balaban J connectivity index is 2.42. The highest BCUT2D eigenvalue weighted by Gasteiger charge is 2.31. The van der Waals surface area contributed by atoms with Crippen molar-refractivity contribution in [3.63, 3.8) is 0 Å². The monoisotopic (exact) mass is 214 g/mol. The molecule has 1 unspecified atom stereocenters. The number of amides is 2. The molecule has 5 heteroatoms. The maximum absolute atomic E-state index is 11.6. The molecule has 0 aliphatic carbocycles. The quantitative estimate of drug-likeness (QED) is 0.685. The molecule has 0 aromatic carbocycles. The van der Waals surface area contributed by atoms with E-state index in [4.69, 9.17) is 0 Å². The zero-order valence-corrected chi connectivity index (χ0v) is 9.45. The predicted octanol–water partition coefficient (Wildman–Crippen LogP) is 0.599. The maximum Gasteiger partial charge on any atom is 0.317 e. The van der Waals surface area contributed by atoms with Crippen molar-refractivity contribution in [3.05, 3.63) is 0 Å². The van der Waals surface area contributed by atoms with E-state index in [1.807, 2.05) is 13.8 Å². The van der Waals surface area contributed by atoms with Crippen molar-refractivity contribution in [2.24, 2.45) is 5.92 Å². The lowest BCUT2D eigenvalue weighted by atomic mass is 10.1. The fraction of sp³-hybridized carbons (Fsp3) is 0.800. The van der Waals surface area contributed by atoms with Crippen LogP contribution in [-0.2, 0) is 9.53 Å². The second-order valence-corrected chi connectivity index (χ2v) is 4.06. The van der Waals surface area contributed by atoms with Crippen LogP contribution in [0.25, 0.3) is 0 Å². The molecular weight excluding hydrogens is 196 g/mol. The average molecular weight is 214 g/mol. The maximum atomic E-state index is 11.6. The van der Waals surface area contributed by atoms with Gasteiger partial charge in [0.25, 0.3) is 0 Å². The third kappa shape index (κ3) is 3.11. The van der Waals surface area contributed by atoms with E-state index in [9.17, 15) is 9.59 Å². The van der Waals surface area contributed by atoms with E-state index in [1.165, 1.54) is 7.11 Å². The van der Waals surface area contributed by atoms with Gasteiger partial charge < -0.3 is 15.0 Å². The van der Waals surface area contributed by atoms with Crippen LogP contribution in [0.2, 0.25) is 0 Å². The van der Waals surface area contributed by atoms with Gasteiger partial charge in [-0.1, -0.05) is 0 Å². The number of hydrogen-bond donors (Lipinski definition) is 1. The summed E-state index contributed by atoms with van der Waals surface area (Å²) in [6, 6.07) is 0.0195. The van der Waals surface area contributed by atoms with Gasteiger partial charge in [0.1, 0.15) is 0 Å². The van der Waals surface area contributed by atoms with Crippen molar-refractivity contribution < 1.29 is 14.3 Å². The van der Waals surface area contributed by atoms with Crippen LogP contribution in [-0.4, -0.2) is 43.1 Å². The summed E-state index contributed by atoms with van der Waals surface area (Å²) in [5, 5.41) is 2.80. The van der Waals surface area contributed by atoms with Crippen LogP contribution < -0.4 is 5.32 Å². The first-order chi connectivity index (χ1) is 7.04. The number of urea groups is 1. The molecule has 0 saturated carbocycles. The lowest BCUT2D eigenvalue weighted by Gasteiger charge is -2.18. The summed E-state index contributed by atoms with van der Waals surface area (Å²) in [7, 11) is 1.37. The van der Waals surface area contributed by atoms with Crippen molar-refractivity contribution in [1.29, 1.82) is 0 Å². The molecule has 1 rings (SSSR count). The molecule has 1 N–H and O–H groups in total. The number of ether oxygens (including phenoxy) is 1. The van der Waals surface area contributed by atoms with E-state index in [0.29, 0.717) is 19.5 Å². The van der Waals surface area contributed by atoms with Gasteiger partial charge in [0.05, 0.1) is 13.0 Å². The van der Waals surface area contributed by atoms with Gasteiger partial charge in [0.15, 0.2) is 0 Å². The minimum Gasteiger partial charge on any atom is -0.469 e. The molecule has 86 valence electrons. The molecular formula is C10H18N2O3. The third-order valence-corrected chi connectivity index (χ3v) is 2.42. The van der Waals surface area contributed by atoms with Gasteiger partial charge in [-0.25, -0.2) is 4.79 Å². The highest BCUT2D eigenvalue weighted by molar-refractivity contribution is 5.78. The van der Waals surface area contributed by atoms with Crippen molar-refractivity contribution in [3.8, 4) is 0 Å². The molecule has 0 aromatic rings. The number of hydrogen-bond acceptors (Lipinski definition) is 3. The van der Waals surface area contributed by atoms with Crippen LogP contribution in [0.4, 0.5) is 4.79 Å². The Morgan fingerprint density at radius 1 is 1.47 bits per heavy atom. The summed E-state index contributed by atoms with van der Waals surface area (Å²) in [6.45, 7) is 4.90. The van der Waals surface area contributed by atoms with Gasteiger partial charge in [0, 0.05) is 19.1 Å². The fourth-order valence-corrected chi connectivity index (χ4v) is 1.64. The highest BCUT2D eigenvalue weighted by atomic mass is 16.5. The summed E-state index contributed by atoms with van der Waals surface area (Å²) >= 11 is 0. The van der Waals surface area contributed by atoms with Crippen LogP contribution in [0, 0.1) is 5.92 Å².